The predicted octanol–water partition coefficient (Wildman–Crippen LogP) is 0.802. The van der Waals surface area contributed by atoms with Crippen molar-refractivity contribution >= 4 is 27.1 Å². The Kier molecular flexibility index (Phi) is 4.26. The fourth-order valence-electron chi connectivity index (χ4n) is 1.76. The zero-order valence-electron chi connectivity index (χ0n) is 11.9. The number of ether oxygens (including phenoxy) is 2. The van der Waals surface area contributed by atoms with Crippen molar-refractivity contribution in [3.8, 4) is 11.5 Å². The highest BCUT2D eigenvalue weighted by Gasteiger charge is 2.24. The number of sulfone groups is 1. The van der Waals surface area contributed by atoms with Gasteiger partial charge >= 0.3 is 0 Å². The molecule has 2 rings (SSSR count). The maximum absolute atomic E-state index is 11.9. The maximum Gasteiger partial charge on any atom is 0.242 e. The van der Waals surface area contributed by atoms with Crippen LogP contribution < -0.4 is 20.5 Å². The fraction of sp³-hybridized carbons (Fsp3) is 0.462. The summed E-state index contributed by atoms with van der Waals surface area (Å²) in [5.74, 6) is 0.349. The number of anilines is 2. The van der Waals surface area contributed by atoms with Crippen molar-refractivity contribution in [2.75, 3.05) is 30.5 Å². The Bertz CT molecular complexity index is 657. The van der Waals surface area contributed by atoms with E-state index < -0.39 is 21.0 Å². The Labute approximate surface area is 123 Å². The molecule has 0 saturated heterocycles. The van der Waals surface area contributed by atoms with Crippen LogP contribution in [0, 0.1) is 0 Å². The molecule has 0 aliphatic carbocycles. The van der Waals surface area contributed by atoms with E-state index in [0.29, 0.717) is 30.4 Å². The second-order valence-electron chi connectivity index (χ2n) is 4.90. The minimum Gasteiger partial charge on any atom is -0.489 e. The highest BCUT2D eigenvalue weighted by atomic mass is 32.2. The van der Waals surface area contributed by atoms with Gasteiger partial charge in [0.1, 0.15) is 5.25 Å². The van der Waals surface area contributed by atoms with E-state index in [0.717, 1.165) is 12.7 Å². The summed E-state index contributed by atoms with van der Waals surface area (Å²) in [7, 11) is -3.47. The molecule has 7 nitrogen and oxygen atoms in total. The van der Waals surface area contributed by atoms with E-state index in [1.54, 1.807) is 12.1 Å². The summed E-state index contributed by atoms with van der Waals surface area (Å²) in [6.07, 6.45) is 1.76. The Hall–Kier alpha value is -1.96. The average Bonchev–Trinajstić information content (AvgIpc) is 2.62. The van der Waals surface area contributed by atoms with Gasteiger partial charge in [-0.3, -0.25) is 4.79 Å². The lowest BCUT2D eigenvalue weighted by atomic mass is 10.2. The van der Waals surface area contributed by atoms with Crippen molar-refractivity contribution in [1.29, 1.82) is 0 Å². The van der Waals surface area contributed by atoms with E-state index in [1.807, 2.05) is 0 Å². The van der Waals surface area contributed by atoms with Crippen molar-refractivity contribution in [2.45, 2.75) is 18.6 Å². The van der Waals surface area contributed by atoms with Crippen molar-refractivity contribution in [1.82, 2.24) is 0 Å². The Balaban J connectivity index is 2.25. The SMILES string of the molecule is CC(C(=O)Nc1cc2c(cc1N)OCCCO2)S(C)(=O)=O. The van der Waals surface area contributed by atoms with Crippen molar-refractivity contribution in [3.05, 3.63) is 12.1 Å². The fourth-order valence-corrected chi connectivity index (χ4v) is 2.21. The Morgan fingerprint density at radius 1 is 1.29 bits per heavy atom. The highest BCUT2D eigenvalue weighted by Crippen LogP contribution is 2.36. The first-order chi connectivity index (χ1) is 9.79. The molecule has 1 aliphatic rings. The van der Waals surface area contributed by atoms with E-state index in [-0.39, 0.29) is 5.69 Å². The second kappa shape index (κ2) is 5.80. The van der Waals surface area contributed by atoms with Gasteiger partial charge in [-0.15, -0.1) is 0 Å². The molecule has 21 heavy (non-hydrogen) atoms. The number of amides is 1. The number of benzene rings is 1. The lowest BCUT2D eigenvalue weighted by Crippen LogP contribution is -2.32. The number of nitrogens with two attached hydrogens (primary N) is 1. The third-order valence-corrected chi connectivity index (χ3v) is 4.69. The van der Waals surface area contributed by atoms with E-state index in [1.165, 1.54) is 6.92 Å². The zero-order valence-corrected chi connectivity index (χ0v) is 12.7. The number of rotatable bonds is 3. The first-order valence-corrected chi connectivity index (χ1v) is 8.43. The molecular formula is C13H18N2O5S. The number of nitrogens with one attached hydrogen (secondary N) is 1. The summed E-state index contributed by atoms with van der Waals surface area (Å²) in [5, 5.41) is 1.35. The smallest absolute Gasteiger partial charge is 0.242 e. The molecule has 0 radical (unpaired) electrons. The standard InChI is InChI=1S/C13H18N2O5S/c1-8(21(2,17)18)13(16)15-10-7-12-11(6-9(10)14)19-4-3-5-20-12/h6-8H,3-5,14H2,1-2H3,(H,15,16). The first-order valence-electron chi connectivity index (χ1n) is 6.48. The lowest BCUT2D eigenvalue weighted by Gasteiger charge is -2.15. The van der Waals surface area contributed by atoms with Crippen LogP contribution in [0.2, 0.25) is 0 Å². The van der Waals surface area contributed by atoms with Crippen LogP contribution in [0.5, 0.6) is 11.5 Å². The van der Waals surface area contributed by atoms with Crippen LogP contribution in [0.25, 0.3) is 0 Å². The molecule has 1 aromatic rings. The van der Waals surface area contributed by atoms with Crippen molar-refractivity contribution < 1.29 is 22.7 Å². The van der Waals surface area contributed by atoms with Gasteiger partial charge in [0.15, 0.2) is 21.3 Å². The van der Waals surface area contributed by atoms with Crippen LogP contribution in [-0.4, -0.2) is 39.0 Å². The highest BCUT2D eigenvalue weighted by molar-refractivity contribution is 7.92. The van der Waals surface area contributed by atoms with Gasteiger partial charge in [-0.2, -0.15) is 0 Å². The summed E-state index contributed by atoms with van der Waals surface area (Å²) in [5.41, 5.74) is 6.44. The molecule has 0 fully saturated rings. The van der Waals surface area contributed by atoms with Gasteiger partial charge in [0.2, 0.25) is 5.91 Å². The molecule has 0 bridgehead atoms. The number of hydrogen-bond donors (Lipinski definition) is 2. The average molecular weight is 314 g/mol. The van der Waals surface area contributed by atoms with Crippen LogP contribution in [0.1, 0.15) is 13.3 Å². The third-order valence-electron chi connectivity index (χ3n) is 3.19. The molecule has 8 heteroatoms. The number of carbonyl (C=O) groups is 1. The van der Waals surface area contributed by atoms with E-state index in [2.05, 4.69) is 5.32 Å². The summed E-state index contributed by atoms with van der Waals surface area (Å²) < 4.78 is 33.8. The Morgan fingerprint density at radius 3 is 2.43 bits per heavy atom. The van der Waals surface area contributed by atoms with Crippen LogP contribution in [-0.2, 0) is 14.6 Å². The largest absolute Gasteiger partial charge is 0.489 e. The molecule has 1 atom stereocenters. The molecule has 1 heterocycles. The van der Waals surface area contributed by atoms with Crippen LogP contribution in [0.3, 0.4) is 0 Å². The summed E-state index contributed by atoms with van der Waals surface area (Å²) >= 11 is 0. The molecule has 1 aromatic carbocycles. The molecule has 1 aliphatic heterocycles. The number of carbonyl (C=O) groups excluding carboxylic acids is 1. The van der Waals surface area contributed by atoms with Gasteiger partial charge in [0.25, 0.3) is 0 Å². The van der Waals surface area contributed by atoms with Crippen LogP contribution in [0.4, 0.5) is 11.4 Å². The van der Waals surface area contributed by atoms with Gasteiger partial charge in [-0.05, 0) is 6.92 Å². The van der Waals surface area contributed by atoms with Crippen LogP contribution >= 0.6 is 0 Å². The minimum atomic E-state index is -3.47. The van der Waals surface area contributed by atoms with Gasteiger partial charge in [-0.1, -0.05) is 0 Å². The number of hydrogen-bond acceptors (Lipinski definition) is 6. The molecule has 1 amide bonds. The van der Waals surface area contributed by atoms with E-state index in [9.17, 15) is 13.2 Å². The van der Waals surface area contributed by atoms with Gasteiger partial charge < -0.3 is 20.5 Å². The predicted molar refractivity (Wildman–Crippen MR) is 79.4 cm³/mol. The summed E-state index contributed by atoms with van der Waals surface area (Å²) in [4.78, 5) is 11.9. The zero-order chi connectivity index (χ0) is 15.6. The lowest BCUT2D eigenvalue weighted by molar-refractivity contribution is -0.115. The topological polar surface area (TPSA) is 108 Å². The minimum absolute atomic E-state index is 0.285. The summed E-state index contributed by atoms with van der Waals surface area (Å²) in [6, 6.07) is 3.10. The first kappa shape index (κ1) is 15.4. The van der Waals surface area contributed by atoms with E-state index >= 15 is 0 Å². The van der Waals surface area contributed by atoms with Crippen molar-refractivity contribution in [3.63, 3.8) is 0 Å². The van der Waals surface area contributed by atoms with E-state index in [4.69, 9.17) is 15.2 Å². The van der Waals surface area contributed by atoms with Gasteiger partial charge in [0, 0.05) is 24.8 Å². The molecule has 1 unspecified atom stereocenters. The maximum atomic E-state index is 11.9. The molecule has 116 valence electrons. The summed E-state index contributed by atoms with van der Waals surface area (Å²) in [6.45, 7) is 2.36. The Morgan fingerprint density at radius 2 is 1.86 bits per heavy atom. The molecule has 0 spiro atoms. The van der Waals surface area contributed by atoms with Crippen LogP contribution in [0.15, 0.2) is 12.1 Å². The molecule has 0 aromatic heterocycles. The second-order valence-corrected chi connectivity index (χ2v) is 7.26. The molecule has 0 saturated carbocycles. The van der Waals surface area contributed by atoms with Gasteiger partial charge in [-0.25, -0.2) is 8.42 Å². The number of fused-ring (bicyclic) bond motifs is 1. The molecule has 3 N–H and O–H groups in total. The number of nitrogen functional groups attached to an aromatic ring is 1. The quantitative estimate of drug-likeness (QED) is 0.799. The normalized spacial score (nSPS) is 15.9. The van der Waals surface area contributed by atoms with Crippen molar-refractivity contribution in [2.24, 2.45) is 0 Å². The third kappa shape index (κ3) is 3.57. The molecular weight excluding hydrogens is 296 g/mol. The van der Waals surface area contributed by atoms with Gasteiger partial charge in [0.05, 0.1) is 24.6 Å². The monoisotopic (exact) mass is 314 g/mol.